The summed E-state index contributed by atoms with van der Waals surface area (Å²) in [5.41, 5.74) is 3.69. The molecule has 110 valence electrons. The lowest BCUT2D eigenvalue weighted by Crippen LogP contribution is -2.23. The molecule has 2 rings (SSSR count). The maximum atomic E-state index is 11.9. The van der Waals surface area contributed by atoms with Crippen LogP contribution in [0.1, 0.15) is 35.8 Å². The van der Waals surface area contributed by atoms with Crippen molar-refractivity contribution >= 4 is 5.91 Å². The van der Waals surface area contributed by atoms with Crippen molar-refractivity contribution in [1.82, 2.24) is 15.1 Å². The summed E-state index contributed by atoms with van der Waals surface area (Å²) in [6, 6.07) is 10.2. The minimum absolute atomic E-state index is 0.185. The van der Waals surface area contributed by atoms with E-state index in [9.17, 15) is 4.79 Å². The predicted octanol–water partition coefficient (Wildman–Crippen LogP) is 3.13. The second-order valence-electron chi connectivity index (χ2n) is 5.31. The average Bonchev–Trinajstić information content (AvgIpc) is 2.87. The van der Waals surface area contributed by atoms with E-state index < -0.39 is 0 Å². The highest BCUT2D eigenvalue weighted by molar-refractivity contribution is 5.93. The van der Waals surface area contributed by atoms with Gasteiger partial charge in [0.25, 0.3) is 5.91 Å². The van der Waals surface area contributed by atoms with Crippen LogP contribution in [0.2, 0.25) is 0 Å². The molecule has 1 amide bonds. The van der Waals surface area contributed by atoms with Gasteiger partial charge in [0.2, 0.25) is 0 Å². The Labute approximate surface area is 125 Å². The lowest BCUT2D eigenvalue weighted by molar-refractivity contribution is 0.0952. The number of carbonyl (C=O) groups is 1. The first-order valence-corrected chi connectivity index (χ1v) is 7.06. The summed E-state index contributed by atoms with van der Waals surface area (Å²) in [5.74, 6) is 0.321. The number of hydrogen-bond donors (Lipinski definition) is 1. The van der Waals surface area contributed by atoms with Crippen LogP contribution in [0.25, 0.3) is 11.3 Å². The average molecular weight is 283 g/mol. The first-order valence-electron chi connectivity index (χ1n) is 7.06. The Morgan fingerprint density at radius 3 is 2.62 bits per heavy atom. The standard InChI is InChI=1S/C17H21N3O/c1-5-10-18-17(21)15-11-16(20(4)19-15)14-8-6-13(7-9-14)12(2)3/h5-9,11-12H,1,10H2,2-4H3,(H,18,21). The van der Waals surface area contributed by atoms with Crippen molar-refractivity contribution in [3.8, 4) is 11.3 Å². The van der Waals surface area contributed by atoms with Gasteiger partial charge in [0, 0.05) is 13.6 Å². The molecular weight excluding hydrogens is 262 g/mol. The zero-order valence-corrected chi connectivity index (χ0v) is 12.8. The number of carbonyl (C=O) groups excluding carboxylic acids is 1. The predicted molar refractivity (Wildman–Crippen MR) is 85.3 cm³/mol. The van der Waals surface area contributed by atoms with Crippen LogP contribution >= 0.6 is 0 Å². The third-order valence-corrected chi connectivity index (χ3v) is 3.39. The van der Waals surface area contributed by atoms with E-state index in [1.807, 2.05) is 13.1 Å². The van der Waals surface area contributed by atoms with Gasteiger partial charge in [-0.05, 0) is 23.1 Å². The van der Waals surface area contributed by atoms with Crippen molar-refractivity contribution in [2.45, 2.75) is 19.8 Å². The molecule has 0 aliphatic rings. The van der Waals surface area contributed by atoms with Gasteiger partial charge in [-0.1, -0.05) is 44.2 Å². The van der Waals surface area contributed by atoms with E-state index in [1.54, 1.807) is 10.8 Å². The molecule has 0 bridgehead atoms. The Morgan fingerprint density at radius 1 is 1.38 bits per heavy atom. The van der Waals surface area contributed by atoms with Crippen molar-refractivity contribution in [2.24, 2.45) is 7.05 Å². The quantitative estimate of drug-likeness (QED) is 0.857. The van der Waals surface area contributed by atoms with E-state index in [0.29, 0.717) is 18.2 Å². The molecule has 0 fully saturated rings. The van der Waals surface area contributed by atoms with Crippen molar-refractivity contribution < 1.29 is 4.79 Å². The molecule has 0 radical (unpaired) electrons. The first-order chi connectivity index (χ1) is 10.0. The van der Waals surface area contributed by atoms with Gasteiger partial charge in [0.1, 0.15) is 0 Å². The van der Waals surface area contributed by atoms with Gasteiger partial charge in [-0.3, -0.25) is 9.48 Å². The van der Waals surface area contributed by atoms with Crippen LogP contribution in [0.15, 0.2) is 43.0 Å². The fraction of sp³-hybridized carbons (Fsp3) is 0.294. The number of aryl methyl sites for hydroxylation is 1. The van der Waals surface area contributed by atoms with E-state index in [-0.39, 0.29) is 5.91 Å². The molecule has 0 spiro atoms. The Kier molecular flexibility index (Phi) is 4.58. The minimum Gasteiger partial charge on any atom is -0.347 e. The first kappa shape index (κ1) is 15.0. The second kappa shape index (κ2) is 6.39. The van der Waals surface area contributed by atoms with Crippen molar-refractivity contribution in [1.29, 1.82) is 0 Å². The highest BCUT2D eigenvalue weighted by Crippen LogP contribution is 2.23. The molecule has 0 saturated carbocycles. The van der Waals surface area contributed by atoms with Gasteiger partial charge in [0.15, 0.2) is 5.69 Å². The van der Waals surface area contributed by atoms with Gasteiger partial charge >= 0.3 is 0 Å². The molecule has 21 heavy (non-hydrogen) atoms. The number of nitrogens with one attached hydrogen (secondary N) is 1. The van der Waals surface area contributed by atoms with Gasteiger partial charge in [-0.2, -0.15) is 5.10 Å². The maximum Gasteiger partial charge on any atom is 0.272 e. The van der Waals surface area contributed by atoms with Gasteiger partial charge in [-0.15, -0.1) is 6.58 Å². The number of rotatable bonds is 5. The molecule has 1 aromatic carbocycles. The lowest BCUT2D eigenvalue weighted by atomic mass is 10.0. The number of aromatic nitrogens is 2. The highest BCUT2D eigenvalue weighted by atomic mass is 16.1. The van der Waals surface area contributed by atoms with Crippen LogP contribution in [0, 0.1) is 0 Å². The number of amides is 1. The summed E-state index contributed by atoms with van der Waals surface area (Å²) in [6.07, 6.45) is 1.65. The summed E-state index contributed by atoms with van der Waals surface area (Å²) >= 11 is 0. The molecule has 1 heterocycles. The molecule has 0 aliphatic heterocycles. The fourth-order valence-corrected chi connectivity index (χ4v) is 2.14. The smallest absolute Gasteiger partial charge is 0.272 e. The lowest BCUT2D eigenvalue weighted by Gasteiger charge is -2.06. The summed E-state index contributed by atoms with van der Waals surface area (Å²) in [7, 11) is 1.84. The van der Waals surface area contributed by atoms with Crippen molar-refractivity contribution in [3.05, 3.63) is 54.2 Å². The van der Waals surface area contributed by atoms with Crippen LogP contribution in [0.3, 0.4) is 0 Å². The van der Waals surface area contributed by atoms with E-state index in [0.717, 1.165) is 11.3 Å². The van der Waals surface area contributed by atoms with Gasteiger partial charge in [0.05, 0.1) is 5.69 Å². The Hall–Kier alpha value is -2.36. The molecular formula is C17H21N3O. The summed E-state index contributed by atoms with van der Waals surface area (Å²) in [5, 5.41) is 7.00. The third kappa shape index (κ3) is 3.40. The largest absolute Gasteiger partial charge is 0.347 e. The molecule has 0 saturated heterocycles. The number of benzene rings is 1. The Bertz CT molecular complexity index is 639. The van der Waals surface area contributed by atoms with Gasteiger partial charge < -0.3 is 5.32 Å². The van der Waals surface area contributed by atoms with Crippen LogP contribution in [-0.4, -0.2) is 22.2 Å². The minimum atomic E-state index is -0.185. The zero-order chi connectivity index (χ0) is 15.4. The Balaban J connectivity index is 2.26. The molecule has 1 aromatic heterocycles. The topological polar surface area (TPSA) is 46.9 Å². The molecule has 2 aromatic rings. The Morgan fingerprint density at radius 2 is 2.05 bits per heavy atom. The fourth-order valence-electron chi connectivity index (χ4n) is 2.14. The van der Waals surface area contributed by atoms with Gasteiger partial charge in [-0.25, -0.2) is 0 Å². The van der Waals surface area contributed by atoms with Crippen LogP contribution < -0.4 is 5.32 Å². The highest BCUT2D eigenvalue weighted by Gasteiger charge is 2.13. The zero-order valence-electron chi connectivity index (χ0n) is 12.8. The molecule has 0 atom stereocenters. The molecule has 0 unspecified atom stereocenters. The normalized spacial score (nSPS) is 10.7. The molecule has 1 N–H and O–H groups in total. The summed E-state index contributed by atoms with van der Waals surface area (Å²) < 4.78 is 1.73. The third-order valence-electron chi connectivity index (χ3n) is 3.39. The van der Waals surface area contributed by atoms with Crippen molar-refractivity contribution in [2.75, 3.05) is 6.54 Å². The summed E-state index contributed by atoms with van der Waals surface area (Å²) in [4.78, 5) is 11.9. The van der Waals surface area contributed by atoms with E-state index in [2.05, 4.69) is 55.1 Å². The van der Waals surface area contributed by atoms with Crippen molar-refractivity contribution in [3.63, 3.8) is 0 Å². The summed E-state index contributed by atoms with van der Waals surface area (Å²) in [6.45, 7) is 8.35. The van der Waals surface area contributed by atoms with E-state index in [1.165, 1.54) is 5.56 Å². The SMILES string of the molecule is C=CCNC(=O)c1cc(-c2ccc(C(C)C)cc2)n(C)n1. The molecule has 4 nitrogen and oxygen atoms in total. The monoisotopic (exact) mass is 283 g/mol. The van der Waals surface area contributed by atoms with E-state index >= 15 is 0 Å². The van der Waals surface area contributed by atoms with Crippen LogP contribution in [0.4, 0.5) is 0 Å². The number of hydrogen-bond acceptors (Lipinski definition) is 2. The van der Waals surface area contributed by atoms with E-state index in [4.69, 9.17) is 0 Å². The maximum absolute atomic E-state index is 11.9. The second-order valence-corrected chi connectivity index (χ2v) is 5.31. The number of nitrogens with zero attached hydrogens (tertiary/aromatic N) is 2. The molecule has 4 heteroatoms. The van der Waals surface area contributed by atoms with Crippen LogP contribution in [0.5, 0.6) is 0 Å². The van der Waals surface area contributed by atoms with Crippen LogP contribution in [-0.2, 0) is 7.05 Å². The molecule has 0 aliphatic carbocycles.